The fourth-order valence-corrected chi connectivity index (χ4v) is 3.99. The Labute approximate surface area is 136 Å². The Balaban J connectivity index is 1.69. The maximum absolute atomic E-state index is 6.33. The van der Waals surface area contributed by atoms with Gasteiger partial charge in [0.25, 0.3) is 0 Å². The van der Waals surface area contributed by atoms with Gasteiger partial charge in [-0.1, -0.05) is 36.0 Å². The summed E-state index contributed by atoms with van der Waals surface area (Å²) >= 11 is 12.4. The standard InChI is InChI=1S/C15H22Cl2N4/c1-18-14-12(16)10-13(17)15(19-14)21-8-6-20(7-9-21)11-4-2-3-5-11/h10-11H,2-9H2,1H3,(H,18,19). The SMILES string of the molecule is CNc1nc(N2CCN(C3CCCC3)CC2)c(Cl)cc1Cl. The zero-order valence-corrected chi connectivity index (χ0v) is 13.9. The number of rotatable bonds is 3. The average Bonchev–Trinajstić information content (AvgIpc) is 3.02. The number of nitrogens with zero attached hydrogens (tertiary/aromatic N) is 3. The molecule has 1 N–H and O–H groups in total. The molecular formula is C15H22Cl2N4. The third-order valence-corrected chi connectivity index (χ3v) is 5.17. The number of pyridine rings is 1. The molecule has 1 aromatic heterocycles. The molecular weight excluding hydrogens is 307 g/mol. The predicted octanol–water partition coefficient (Wildman–Crippen LogP) is 3.49. The number of piperazine rings is 1. The van der Waals surface area contributed by atoms with Gasteiger partial charge < -0.3 is 10.2 Å². The lowest BCUT2D eigenvalue weighted by Gasteiger charge is -2.38. The van der Waals surface area contributed by atoms with E-state index in [2.05, 4.69) is 20.1 Å². The molecule has 3 rings (SSSR count). The molecule has 1 saturated heterocycles. The molecule has 1 aliphatic carbocycles. The zero-order chi connectivity index (χ0) is 14.8. The van der Waals surface area contributed by atoms with Gasteiger partial charge in [0, 0.05) is 39.3 Å². The van der Waals surface area contributed by atoms with Crippen LogP contribution in [-0.2, 0) is 0 Å². The van der Waals surface area contributed by atoms with Gasteiger partial charge in [-0.3, -0.25) is 4.90 Å². The summed E-state index contributed by atoms with van der Waals surface area (Å²) in [7, 11) is 1.82. The van der Waals surface area contributed by atoms with Crippen LogP contribution in [0.25, 0.3) is 0 Å². The molecule has 2 heterocycles. The van der Waals surface area contributed by atoms with E-state index >= 15 is 0 Å². The molecule has 21 heavy (non-hydrogen) atoms. The van der Waals surface area contributed by atoms with Gasteiger partial charge in [-0.05, 0) is 18.9 Å². The molecule has 2 aliphatic rings. The van der Waals surface area contributed by atoms with Gasteiger partial charge in [0.05, 0.1) is 10.0 Å². The van der Waals surface area contributed by atoms with Gasteiger partial charge in [-0.15, -0.1) is 0 Å². The largest absolute Gasteiger partial charge is 0.372 e. The van der Waals surface area contributed by atoms with E-state index in [1.54, 1.807) is 6.07 Å². The molecule has 1 aliphatic heterocycles. The first-order valence-corrected chi connectivity index (χ1v) is 8.47. The minimum atomic E-state index is 0.566. The molecule has 1 saturated carbocycles. The Kier molecular flexibility index (Phi) is 4.77. The number of aromatic nitrogens is 1. The molecule has 0 amide bonds. The predicted molar refractivity (Wildman–Crippen MR) is 89.8 cm³/mol. The van der Waals surface area contributed by atoms with Gasteiger partial charge in [0.1, 0.15) is 11.6 Å². The molecule has 6 heteroatoms. The van der Waals surface area contributed by atoms with Crippen LogP contribution in [0.1, 0.15) is 25.7 Å². The van der Waals surface area contributed by atoms with E-state index in [-0.39, 0.29) is 0 Å². The lowest BCUT2D eigenvalue weighted by Crippen LogP contribution is -2.50. The van der Waals surface area contributed by atoms with E-state index in [9.17, 15) is 0 Å². The summed E-state index contributed by atoms with van der Waals surface area (Å²) in [6.45, 7) is 4.16. The topological polar surface area (TPSA) is 31.4 Å². The molecule has 116 valence electrons. The monoisotopic (exact) mass is 328 g/mol. The first-order chi connectivity index (χ1) is 10.2. The van der Waals surface area contributed by atoms with Crippen molar-refractivity contribution in [3.63, 3.8) is 0 Å². The van der Waals surface area contributed by atoms with Gasteiger partial charge in [-0.25, -0.2) is 4.98 Å². The Morgan fingerprint density at radius 2 is 1.76 bits per heavy atom. The van der Waals surface area contributed by atoms with Gasteiger partial charge in [-0.2, -0.15) is 0 Å². The second-order valence-electron chi connectivity index (χ2n) is 5.84. The van der Waals surface area contributed by atoms with Crippen molar-refractivity contribution in [1.29, 1.82) is 0 Å². The summed E-state index contributed by atoms with van der Waals surface area (Å²) in [6, 6.07) is 2.58. The van der Waals surface area contributed by atoms with Crippen LogP contribution in [0, 0.1) is 0 Å². The lowest BCUT2D eigenvalue weighted by atomic mass is 10.2. The average molecular weight is 329 g/mol. The number of nitrogens with one attached hydrogen (secondary N) is 1. The lowest BCUT2D eigenvalue weighted by molar-refractivity contribution is 0.187. The molecule has 0 radical (unpaired) electrons. The van der Waals surface area contributed by atoms with E-state index in [0.29, 0.717) is 15.9 Å². The summed E-state index contributed by atoms with van der Waals surface area (Å²) in [5.41, 5.74) is 0. The molecule has 1 aromatic rings. The maximum atomic E-state index is 6.33. The highest BCUT2D eigenvalue weighted by atomic mass is 35.5. The van der Waals surface area contributed by atoms with Crippen LogP contribution >= 0.6 is 23.2 Å². The van der Waals surface area contributed by atoms with Gasteiger partial charge in [0.15, 0.2) is 0 Å². The molecule has 0 atom stereocenters. The quantitative estimate of drug-likeness (QED) is 0.920. The van der Waals surface area contributed by atoms with E-state index in [1.165, 1.54) is 25.7 Å². The summed E-state index contributed by atoms with van der Waals surface area (Å²) in [4.78, 5) is 9.47. The summed E-state index contributed by atoms with van der Waals surface area (Å²) in [6.07, 6.45) is 5.51. The summed E-state index contributed by atoms with van der Waals surface area (Å²) in [5, 5.41) is 4.22. The molecule has 0 bridgehead atoms. The van der Waals surface area contributed by atoms with Crippen molar-refractivity contribution in [2.45, 2.75) is 31.7 Å². The number of hydrogen-bond acceptors (Lipinski definition) is 4. The Morgan fingerprint density at radius 3 is 2.38 bits per heavy atom. The van der Waals surface area contributed by atoms with Crippen LogP contribution in [0.3, 0.4) is 0 Å². The van der Waals surface area contributed by atoms with Crippen LogP contribution in [0.2, 0.25) is 10.0 Å². The molecule has 0 unspecified atom stereocenters. The van der Waals surface area contributed by atoms with E-state index in [4.69, 9.17) is 23.2 Å². The fourth-order valence-electron chi connectivity index (χ4n) is 3.42. The van der Waals surface area contributed by atoms with Crippen molar-refractivity contribution in [1.82, 2.24) is 9.88 Å². The van der Waals surface area contributed by atoms with E-state index in [1.807, 2.05) is 7.05 Å². The van der Waals surface area contributed by atoms with E-state index in [0.717, 1.165) is 38.0 Å². The van der Waals surface area contributed by atoms with Gasteiger partial charge in [0.2, 0.25) is 0 Å². The number of anilines is 2. The number of halogens is 2. The smallest absolute Gasteiger partial charge is 0.150 e. The minimum absolute atomic E-state index is 0.566. The van der Waals surface area contributed by atoms with Crippen molar-refractivity contribution in [2.24, 2.45) is 0 Å². The molecule has 4 nitrogen and oxygen atoms in total. The normalized spacial score (nSPS) is 21.0. The highest BCUT2D eigenvalue weighted by Crippen LogP contribution is 2.32. The van der Waals surface area contributed by atoms with Crippen molar-refractivity contribution in [3.05, 3.63) is 16.1 Å². The first-order valence-electron chi connectivity index (χ1n) is 7.72. The first kappa shape index (κ1) is 15.2. The second-order valence-corrected chi connectivity index (χ2v) is 6.65. The summed E-state index contributed by atoms with van der Waals surface area (Å²) < 4.78 is 0. The molecule has 0 aromatic carbocycles. The van der Waals surface area contributed by atoms with Crippen molar-refractivity contribution >= 4 is 34.8 Å². The van der Waals surface area contributed by atoms with Crippen LogP contribution in [0.15, 0.2) is 6.07 Å². The Morgan fingerprint density at radius 1 is 1.10 bits per heavy atom. The zero-order valence-electron chi connectivity index (χ0n) is 12.4. The highest BCUT2D eigenvalue weighted by molar-refractivity contribution is 6.37. The van der Waals surface area contributed by atoms with Crippen LogP contribution in [-0.4, -0.2) is 49.2 Å². The van der Waals surface area contributed by atoms with Crippen LogP contribution in [0.5, 0.6) is 0 Å². The van der Waals surface area contributed by atoms with Crippen LogP contribution in [0.4, 0.5) is 11.6 Å². The van der Waals surface area contributed by atoms with Crippen molar-refractivity contribution < 1.29 is 0 Å². The Hall–Kier alpha value is -0.710. The number of hydrogen-bond donors (Lipinski definition) is 1. The third-order valence-electron chi connectivity index (χ3n) is 4.60. The summed E-state index contributed by atoms with van der Waals surface area (Å²) in [5.74, 6) is 1.53. The highest BCUT2D eigenvalue weighted by Gasteiger charge is 2.27. The van der Waals surface area contributed by atoms with Crippen molar-refractivity contribution in [3.8, 4) is 0 Å². The second kappa shape index (κ2) is 6.59. The van der Waals surface area contributed by atoms with Crippen LogP contribution < -0.4 is 10.2 Å². The minimum Gasteiger partial charge on any atom is -0.372 e. The van der Waals surface area contributed by atoms with E-state index < -0.39 is 0 Å². The Bertz CT molecular complexity index is 495. The molecule has 0 spiro atoms. The van der Waals surface area contributed by atoms with Crippen molar-refractivity contribution in [2.75, 3.05) is 43.4 Å². The maximum Gasteiger partial charge on any atom is 0.150 e. The fraction of sp³-hybridized carbons (Fsp3) is 0.667. The molecule has 2 fully saturated rings. The van der Waals surface area contributed by atoms with Gasteiger partial charge >= 0.3 is 0 Å². The third kappa shape index (κ3) is 3.22.